The van der Waals surface area contributed by atoms with E-state index in [1.54, 1.807) is 0 Å². The highest BCUT2D eigenvalue weighted by molar-refractivity contribution is 4.71. The van der Waals surface area contributed by atoms with Crippen molar-refractivity contribution in [1.82, 2.24) is 4.90 Å². The second-order valence-corrected chi connectivity index (χ2v) is 4.11. The molecule has 0 aliphatic rings. The zero-order chi connectivity index (χ0) is 10.3. The van der Waals surface area contributed by atoms with Crippen molar-refractivity contribution in [2.45, 2.75) is 72.4 Å². The Kier molecular flexibility index (Phi) is 7.35. The van der Waals surface area contributed by atoms with Crippen LogP contribution in [0.15, 0.2) is 0 Å². The van der Waals surface area contributed by atoms with Gasteiger partial charge < -0.3 is 0 Å². The quantitative estimate of drug-likeness (QED) is 0.585. The van der Waals surface area contributed by atoms with Gasteiger partial charge >= 0.3 is 0 Å². The van der Waals surface area contributed by atoms with Crippen LogP contribution in [-0.4, -0.2) is 23.5 Å². The van der Waals surface area contributed by atoms with Crippen molar-refractivity contribution < 1.29 is 0 Å². The van der Waals surface area contributed by atoms with Crippen LogP contribution in [0.1, 0.15) is 60.3 Å². The van der Waals surface area contributed by atoms with Crippen LogP contribution in [-0.2, 0) is 0 Å². The van der Waals surface area contributed by atoms with E-state index in [9.17, 15) is 0 Å². The molecule has 0 saturated carbocycles. The summed E-state index contributed by atoms with van der Waals surface area (Å²) < 4.78 is 0. The van der Waals surface area contributed by atoms with E-state index in [4.69, 9.17) is 0 Å². The molecular formula is C12H27N. The van der Waals surface area contributed by atoms with Crippen LogP contribution in [0.4, 0.5) is 0 Å². The van der Waals surface area contributed by atoms with Gasteiger partial charge in [0.15, 0.2) is 0 Å². The van der Waals surface area contributed by atoms with E-state index < -0.39 is 0 Å². The van der Waals surface area contributed by atoms with E-state index in [-0.39, 0.29) is 0 Å². The van der Waals surface area contributed by atoms with Gasteiger partial charge in [-0.15, -0.1) is 0 Å². The van der Waals surface area contributed by atoms with Gasteiger partial charge in [0.25, 0.3) is 0 Å². The maximum Gasteiger partial charge on any atom is 0.00695 e. The Hall–Kier alpha value is -0.0400. The standard InChI is InChI=1S/C12H27N/c1-6-9-11(4)13(8-3)12(5)10-7-2/h11-12H,6-10H2,1-5H3. The van der Waals surface area contributed by atoms with Gasteiger partial charge in [-0.2, -0.15) is 0 Å². The van der Waals surface area contributed by atoms with Gasteiger partial charge in [0.1, 0.15) is 0 Å². The summed E-state index contributed by atoms with van der Waals surface area (Å²) in [7, 11) is 0. The fourth-order valence-electron chi connectivity index (χ4n) is 2.22. The van der Waals surface area contributed by atoms with Crippen molar-refractivity contribution in [1.29, 1.82) is 0 Å². The molecule has 1 heteroatoms. The maximum absolute atomic E-state index is 2.63. The molecule has 0 aliphatic carbocycles. The summed E-state index contributed by atoms with van der Waals surface area (Å²) in [5, 5.41) is 0. The molecular weight excluding hydrogens is 158 g/mol. The molecule has 80 valence electrons. The van der Waals surface area contributed by atoms with Crippen LogP contribution in [0.25, 0.3) is 0 Å². The SMILES string of the molecule is CCCC(C)N(CC)C(C)CCC. The lowest BCUT2D eigenvalue weighted by atomic mass is 10.1. The monoisotopic (exact) mass is 185 g/mol. The number of hydrogen-bond donors (Lipinski definition) is 0. The van der Waals surface area contributed by atoms with Crippen LogP contribution in [0.2, 0.25) is 0 Å². The number of nitrogens with zero attached hydrogens (tertiary/aromatic N) is 1. The van der Waals surface area contributed by atoms with E-state index in [1.807, 2.05) is 0 Å². The van der Waals surface area contributed by atoms with Crippen molar-refractivity contribution >= 4 is 0 Å². The largest absolute Gasteiger partial charge is 0.298 e. The highest BCUT2D eigenvalue weighted by atomic mass is 15.2. The third kappa shape index (κ3) is 4.66. The fourth-order valence-corrected chi connectivity index (χ4v) is 2.22. The van der Waals surface area contributed by atoms with Crippen LogP contribution in [0.5, 0.6) is 0 Å². The summed E-state index contributed by atoms with van der Waals surface area (Å²) in [5.74, 6) is 0. The Morgan fingerprint density at radius 3 is 1.46 bits per heavy atom. The molecule has 2 unspecified atom stereocenters. The summed E-state index contributed by atoms with van der Waals surface area (Å²) in [6.07, 6.45) is 5.27. The molecule has 0 saturated heterocycles. The first-order valence-corrected chi connectivity index (χ1v) is 5.93. The lowest BCUT2D eigenvalue weighted by Gasteiger charge is -2.33. The first-order valence-electron chi connectivity index (χ1n) is 5.93. The van der Waals surface area contributed by atoms with Gasteiger partial charge in [-0.25, -0.2) is 0 Å². The average Bonchev–Trinajstić information content (AvgIpc) is 2.06. The van der Waals surface area contributed by atoms with E-state index in [0.29, 0.717) is 0 Å². The summed E-state index contributed by atoms with van der Waals surface area (Å²) in [6.45, 7) is 12.7. The third-order valence-electron chi connectivity index (χ3n) is 2.91. The first-order chi connectivity index (χ1) is 6.17. The Labute approximate surface area is 84.5 Å². The molecule has 1 nitrogen and oxygen atoms in total. The molecule has 0 spiro atoms. The summed E-state index contributed by atoms with van der Waals surface area (Å²) in [5.41, 5.74) is 0. The molecule has 2 atom stereocenters. The maximum atomic E-state index is 2.63. The Bertz CT molecular complexity index is 99.7. The average molecular weight is 185 g/mol. The predicted octanol–water partition coefficient (Wildman–Crippen LogP) is 3.69. The summed E-state index contributed by atoms with van der Waals surface area (Å²) in [6, 6.07) is 1.52. The van der Waals surface area contributed by atoms with Crippen molar-refractivity contribution in [2.24, 2.45) is 0 Å². The minimum atomic E-state index is 0.761. The predicted molar refractivity (Wildman–Crippen MR) is 61.1 cm³/mol. The lowest BCUT2D eigenvalue weighted by molar-refractivity contribution is 0.147. The molecule has 0 N–H and O–H groups in total. The van der Waals surface area contributed by atoms with Crippen molar-refractivity contribution in [3.8, 4) is 0 Å². The van der Waals surface area contributed by atoms with Gasteiger partial charge in [0, 0.05) is 12.1 Å². The molecule has 0 rings (SSSR count). The summed E-state index contributed by atoms with van der Waals surface area (Å²) >= 11 is 0. The number of hydrogen-bond acceptors (Lipinski definition) is 1. The van der Waals surface area contributed by atoms with Gasteiger partial charge in [-0.05, 0) is 33.2 Å². The molecule has 0 aliphatic heterocycles. The first kappa shape index (κ1) is 13.0. The molecule has 0 amide bonds. The fraction of sp³-hybridized carbons (Fsp3) is 1.00. The van der Waals surface area contributed by atoms with Crippen LogP contribution < -0.4 is 0 Å². The molecule has 0 fully saturated rings. The Morgan fingerprint density at radius 2 is 1.23 bits per heavy atom. The van der Waals surface area contributed by atoms with E-state index >= 15 is 0 Å². The highest BCUT2D eigenvalue weighted by Gasteiger charge is 2.16. The molecule has 0 aromatic heterocycles. The smallest absolute Gasteiger partial charge is 0.00695 e. The van der Waals surface area contributed by atoms with Crippen molar-refractivity contribution in [2.75, 3.05) is 6.54 Å². The Balaban J connectivity index is 3.98. The zero-order valence-electron chi connectivity index (χ0n) is 10.1. The van der Waals surface area contributed by atoms with Gasteiger partial charge in [-0.3, -0.25) is 4.90 Å². The molecule has 0 heterocycles. The van der Waals surface area contributed by atoms with Gasteiger partial charge in [0.05, 0.1) is 0 Å². The second kappa shape index (κ2) is 7.37. The highest BCUT2D eigenvalue weighted by Crippen LogP contribution is 2.13. The lowest BCUT2D eigenvalue weighted by Crippen LogP contribution is -2.39. The molecule has 0 aromatic carbocycles. The van der Waals surface area contributed by atoms with E-state index in [2.05, 4.69) is 39.5 Å². The van der Waals surface area contributed by atoms with Crippen molar-refractivity contribution in [3.05, 3.63) is 0 Å². The van der Waals surface area contributed by atoms with E-state index in [1.165, 1.54) is 32.2 Å². The van der Waals surface area contributed by atoms with E-state index in [0.717, 1.165) is 12.1 Å². The normalized spacial score (nSPS) is 16.2. The summed E-state index contributed by atoms with van der Waals surface area (Å²) in [4.78, 5) is 2.63. The minimum Gasteiger partial charge on any atom is -0.298 e. The van der Waals surface area contributed by atoms with Crippen LogP contribution in [0, 0.1) is 0 Å². The van der Waals surface area contributed by atoms with Crippen LogP contribution >= 0.6 is 0 Å². The third-order valence-corrected chi connectivity index (χ3v) is 2.91. The molecule has 13 heavy (non-hydrogen) atoms. The van der Waals surface area contributed by atoms with Crippen LogP contribution in [0.3, 0.4) is 0 Å². The molecule has 0 bridgehead atoms. The molecule has 0 aromatic rings. The zero-order valence-corrected chi connectivity index (χ0v) is 10.1. The minimum absolute atomic E-state index is 0.761. The molecule has 0 radical (unpaired) electrons. The van der Waals surface area contributed by atoms with Gasteiger partial charge in [-0.1, -0.05) is 33.6 Å². The topological polar surface area (TPSA) is 3.24 Å². The second-order valence-electron chi connectivity index (χ2n) is 4.11. The van der Waals surface area contributed by atoms with Gasteiger partial charge in [0.2, 0.25) is 0 Å². The number of rotatable bonds is 7. The van der Waals surface area contributed by atoms with Crippen molar-refractivity contribution in [3.63, 3.8) is 0 Å². The Morgan fingerprint density at radius 1 is 0.846 bits per heavy atom.